The molecule has 1 saturated carbocycles. The van der Waals surface area contributed by atoms with Gasteiger partial charge in [-0.25, -0.2) is 19.9 Å². The Balaban J connectivity index is 1.34. The van der Waals surface area contributed by atoms with Gasteiger partial charge in [0.05, 0.1) is 18.4 Å². The van der Waals surface area contributed by atoms with Crippen LogP contribution in [0.4, 0.5) is 10.2 Å². The van der Waals surface area contributed by atoms with Crippen LogP contribution in [0.15, 0.2) is 24.7 Å². The number of hydrogen-bond acceptors (Lipinski definition) is 10. The number of nitrogens with one attached hydrogen (secondary N) is 1. The van der Waals surface area contributed by atoms with Crippen molar-refractivity contribution in [3.8, 4) is 11.8 Å². The molecule has 14 heteroatoms. The summed E-state index contributed by atoms with van der Waals surface area (Å²) in [5.74, 6) is 3.95. The number of imidazole rings is 1. The van der Waals surface area contributed by atoms with Crippen molar-refractivity contribution in [1.82, 2.24) is 34.7 Å². The largest absolute Gasteiger partial charge is 0.387 e. The van der Waals surface area contributed by atoms with E-state index in [4.69, 9.17) is 10.5 Å². The maximum absolute atomic E-state index is 13.0. The Hall–Kier alpha value is -4.19. The lowest BCUT2D eigenvalue weighted by Gasteiger charge is -2.16. The Kier molecular flexibility index (Phi) is 6.42. The summed E-state index contributed by atoms with van der Waals surface area (Å²) < 4.78 is 20.0. The molecule has 0 radical (unpaired) electrons. The molecule has 0 bridgehead atoms. The molecule has 37 heavy (non-hydrogen) atoms. The number of pyridine rings is 1. The second-order valence-corrected chi connectivity index (χ2v) is 8.80. The number of carbonyl (C=O) groups excluding carboxylic acids is 2. The lowest BCUT2D eigenvalue weighted by atomic mass is 10.1. The standard InChI is InChI=1S/C23H23FN8O5/c1-31(22(36)11-4-7-13(24)26-9-11)8-2-3-14-29-19(25)15-20(30-14)32(10-27-15)23-17(34)16(33)18(37-23)21(35)28-12-5-6-12/h4,7,9-10,12,16-18,23,33-34H,5-6,8H2,1H3,(H,28,35)(H2,25,29,30)/t16?,17-,18+,23-/m1/s1. The maximum atomic E-state index is 13.0. The molecular weight excluding hydrogens is 487 g/mol. The average molecular weight is 510 g/mol. The van der Waals surface area contributed by atoms with Crippen molar-refractivity contribution in [2.75, 3.05) is 19.3 Å². The monoisotopic (exact) mass is 510 g/mol. The van der Waals surface area contributed by atoms with Crippen LogP contribution in [0.25, 0.3) is 11.2 Å². The van der Waals surface area contributed by atoms with Gasteiger partial charge >= 0.3 is 0 Å². The van der Waals surface area contributed by atoms with Gasteiger partial charge in [0.2, 0.25) is 11.8 Å². The van der Waals surface area contributed by atoms with E-state index in [1.165, 1.54) is 28.9 Å². The molecule has 4 atom stereocenters. The first-order chi connectivity index (χ1) is 17.7. The molecule has 3 aromatic rings. The number of amides is 2. The Bertz CT molecular complexity index is 1410. The number of nitrogen functional groups attached to an aromatic ring is 1. The summed E-state index contributed by atoms with van der Waals surface area (Å²) in [4.78, 5) is 42.2. The molecule has 0 spiro atoms. The molecule has 1 aliphatic carbocycles. The third-order valence-corrected chi connectivity index (χ3v) is 5.98. The van der Waals surface area contributed by atoms with Crippen LogP contribution < -0.4 is 11.1 Å². The lowest BCUT2D eigenvalue weighted by molar-refractivity contribution is -0.137. The molecule has 5 N–H and O–H groups in total. The minimum Gasteiger partial charge on any atom is -0.387 e. The zero-order valence-electron chi connectivity index (χ0n) is 19.6. The van der Waals surface area contributed by atoms with E-state index in [-0.39, 0.29) is 41.0 Å². The van der Waals surface area contributed by atoms with Gasteiger partial charge in [0.1, 0.15) is 17.7 Å². The highest BCUT2D eigenvalue weighted by Crippen LogP contribution is 2.33. The van der Waals surface area contributed by atoms with E-state index in [0.717, 1.165) is 25.1 Å². The molecule has 192 valence electrons. The summed E-state index contributed by atoms with van der Waals surface area (Å²) in [5.41, 5.74) is 6.63. The zero-order chi connectivity index (χ0) is 26.3. The van der Waals surface area contributed by atoms with Crippen molar-refractivity contribution in [2.24, 2.45) is 0 Å². The van der Waals surface area contributed by atoms with Crippen molar-refractivity contribution >= 4 is 28.8 Å². The third kappa shape index (κ3) is 4.92. The van der Waals surface area contributed by atoms with E-state index in [1.807, 2.05) is 0 Å². The highest BCUT2D eigenvalue weighted by atomic mass is 19.1. The van der Waals surface area contributed by atoms with Gasteiger partial charge in [-0.1, -0.05) is 5.92 Å². The number of aliphatic hydroxyl groups is 2. The predicted molar refractivity (Wildman–Crippen MR) is 125 cm³/mol. The van der Waals surface area contributed by atoms with Gasteiger partial charge in [0, 0.05) is 19.3 Å². The Labute approximate surface area is 209 Å². The molecule has 1 aliphatic heterocycles. The maximum Gasteiger partial charge on any atom is 0.255 e. The summed E-state index contributed by atoms with van der Waals surface area (Å²) in [5, 5.41) is 23.8. The number of aliphatic hydroxyl groups excluding tert-OH is 2. The molecule has 2 amide bonds. The molecule has 2 fully saturated rings. The first-order valence-corrected chi connectivity index (χ1v) is 11.4. The molecule has 0 aromatic carbocycles. The van der Waals surface area contributed by atoms with Gasteiger partial charge in [0.15, 0.2) is 23.8 Å². The van der Waals surface area contributed by atoms with Crippen molar-refractivity contribution in [2.45, 2.75) is 43.4 Å². The fourth-order valence-electron chi connectivity index (χ4n) is 3.83. The highest BCUT2D eigenvalue weighted by Gasteiger charge is 2.48. The van der Waals surface area contributed by atoms with E-state index >= 15 is 0 Å². The van der Waals surface area contributed by atoms with Crippen LogP contribution in [0, 0.1) is 17.8 Å². The summed E-state index contributed by atoms with van der Waals surface area (Å²) in [6.45, 7) is 0.00516. The molecule has 1 saturated heterocycles. The number of rotatable bonds is 5. The van der Waals surface area contributed by atoms with Crippen LogP contribution in [-0.4, -0.2) is 89.4 Å². The van der Waals surface area contributed by atoms with Crippen LogP contribution in [0.1, 0.15) is 35.3 Å². The molecule has 4 heterocycles. The molecule has 5 rings (SSSR count). The highest BCUT2D eigenvalue weighted by molar-refractivity contribution is 5.93. The Morgan fingerprint density at radius 3 is 2.76 bits per heavy atom. The number of aromatic nitrogens is 5. The first kappa shape index (κ1) is 24.5. The van der Waals surface area contributed by atoms with Crippen LogP contribution in [0.3, 0.4) is 0 Å². The van der Waals surface area contributed by atoms with Gasteiger partial charge in [-0.2, -0.15) is 4.39 Å². The number of hydrogen-bond donors (Lipinski definition) is 4. The summed E-state index contributed by atoms with van der Waals surface area (Å²) >= 11 is 0. The minimum absolute atomic E-state index is 0.00516. The average Bonchev–Trinajstić information content (AvgIpc) is 3.51. The van der Waals surface area contributed by atoms with E-state index in [1.54, 1.807) is 0 Å². The normalized spacial score (nSPS) is 22.9. The molecule has 13 nitrogen and oxygen atoms in total. The van der Waals surface area contributed by atoms with Crippen LogP contribution in [-0.2, 0) is 9.53 Å². The topological polar surface area (TPSA) is 182 Å². The number of fused-ring (bicyclic) bond motifs is 1. The first-order valence-electron chi connectivity index (χ1n) is 11.4. The van der Waals surface area contributed by atoms with Gasteiger partial charge < -0.3 is 30.9 Å². The van der Waals surface area contributed by atoms with E-state index in [0.29, 0.717) is 0 Å². The van der Waals surface area contributed by atoms with Gasteiger partial charge in [-0.3, -0.25) is 14.2 Å². The van der Waals surface area contributed by atoms with Crippen molar-refractivity contribution in [1.29, 1.82) is 0 Å². The molecule has 1 unspecified atom stereocenters. The fourth-order valence-corrected chi connectivity index (χ4v) is 3.83. The number of nitrogens with zero attached hydrogens (tertiary/aromatic N) is 6. The SMILES string of the molecule is CN(CC#Cc1nc(N)c2ncn([C@@H]3O[C@H](C(=O)NC4CC4)C(O)[C@H]3O)c2n1)C(=O)c1ccc(F)nc1. The van der Waals surface area contributed by atoms with E-state index < -0.39 is 42.3 Å². The van der Waals surface area contributed by atoms with Gasteiger partial charge in [-0.15, -0.1) is 0 Å². The van der Waals surface area contributed by atoms with E-state index in [2.05, 4.69) is 37.1 Å². The predicted octanol–water partition coefficient (Wildman–Crippen LogP) is -1.04. The van der Waals surface area contributed by atoms with E-state index in [9.17, 15) is 24.2 Å². The quantitative estimate of drug-likeness (QED) is 0.245. The summed E-state index contributed by atoms with van der Waals surface area (Å²) in [7, 11) is 1.52. The third-order valence-electron chi connectivity index (χ3n) is 5.98. The van der Waals surface area contributed by atoms with Crippen molar-refractivity contribution < 1.29 is 28.9 Å². The molecule has 2 aliphatic rings. The summed E-state index contributed by atoms with van der Waals surface area (Å²) in [6, 6.07) is 2.47. The molecular formula is C23H23FN8O5. The van der Waals surface area contributed by atoms with Crippen LogP contribution in [0.2, 0.25) is 0 Å². The number of ether oxygens (including phenoxy) is 1. The second-order valence-electron chi connectivity index (χ2n) is 8.80. The number of nitrogens with two attached hydrogens (primary N) is 1. The van der Waals surface area contributed by atoms with Gasteiger partial charge in [0.25, 0.3) is 11.8 Å². The number of carbonyl (C=O) groups is 2. The molecule has 3 aromatic heterocycles. The smallest absolute Gasteiger partial charge is 0.255 e. The second kappa shape index (κ2) is 9.69. The number of halogens is 1. The zero-order valence-corrected chi connectivity index (χ0v) is 19.6. The van der Waals surface area contributed by atoms with Crippen LogP contribution >= 0.6 is 0 Å². The lowest BCUT2D eigenvalue weighted by Crippen LogP contribution is -2.43. The minimum atomic E-state index is -1.45. The Morgan fingerprint density at radius 1 is 1.27 bits per heavy atom. The Morgan fingerprint density at radius 2 is 2.05 bits per heavy atom. The summed E-state index contributed by atoms with van der Waals surface area (Å²) in [6.07, 6.45) is -1.13. The fraction of sp³-hybridized carbons (Fsp3) is 0.391. The van der Waals surface area contributed by atoms with Gasteiger partial charge in [-0.05, 0) is 30.9 Å². The number of anilines is 1. The van der Waals surface area contributed by atoms with Crippen molar-refractivity contribution in [3.63, 3.8) is 0 Å². The van der Waals surface area contributed by atoms with Crippen molar-refractivity contribution in [3.05, 3.63) is 42.0 Å². The van der Waals surface area contributed by atoms with Crippen LogP contribution in [0.5, 0.6) is 0 Å².